The molecule has 0 aliphatic heterocycles. The molecule has 0 bridgehead atoms. The highest BCUT2D eigenvalue weighted by molar-refractivity contribution is 7.85. The maximum atomic E-state index is 10.6. The summed E-state index contributed by atoms with van der Waals surface area (Å²) in [6.07, 6.45) is 4.39. The molecule has 17 heavy (non-hydrogen) atoms. The Hall–Kier alpha value is -0.170. The fraction of sp³-hybridized carbons (Fsp3) is 1.00. The summed E-state index contributed by atoms with van der Waals surface area (Å²) in [5.41, 5.74) is 0. The van der Waals surface area contributed by atoms with Gasteiger partial charge in [0, 0.05) is 0 Å². The standard InChI is InChI=1S/C11H24O5S/c1-3-4-5-6-7-10(2)16-11(8-12)9-17(13,14)15/h10-12H,3-9H2,1-2H3,(H,13,14,15). The van der Waals surface area contributed by atoms with E-state index in [1.807, 2.05) is 6.92 Å². The van der Waals surface area contributed by atoms with Crippen LogP contribution in [0, 0.1) is 0 Å². The number of aliphatic hydroxyl groups is 1. The Balaban J connectivity index is 3.86. The predicted molar refractivity (Wildman–Crippen MR) is 66.6 cm³/mol. The summed E-state index contributed by atoms with van der Waals surface area (Å²) in [6.45, 7) is 3.57. The van der Waals surface area contributed by atoms with Gasteiger partial charge in [-0.1, -0.05) is 32.6 Å². The van der Waals surface area contributed by atoms with Gasteiger partial charge < -0.3 is 9.84 Å². The number of ether oxygens (including phenoxy) is 1. The lowest BCUT2D eigenvalue weighted by molar-refractivity contribution is -0.0234. The van der Waals surface area contributed by atoms with Crippen molar-refractivity contribution in [2.75, 3.05) is 12.4 Å². The predicted octanol–water partition coefficient (Wildman–Crippen LogP) is 1.61. The number of rotatable bonds is 10. The highest BCUT2D eigenvalue weighted by Crippen LogP contribution is 2.10. The SMILES string of the molecule is CCCCCCC(C)OC(CO)CS(=O)(=O)O. The van der Waals surface area contributed by atoms with Crippen LogP contribution >= 0.6 is 0 Å². The molecule has 0 spiro atoms. The molecule has 0 heterocycles. The fourth-order valence-corrected chi connectivity index (χ4v) is 2.28. The molecule has 0 saturated carbocycles. The third-order valence-corrected chi connectivity index (χ3v) is 3.28. The molecular weight excluding hydrogens is 244 g/mol. The number of unbranched alkanes of at least 4 members (excludes halogenated alkanes) is 3. The number of hydrogen-bond acceptors (Lipinski definition) is 4. The van der Waals surface area contributed by atoms with E-state index in [1.165, 1.54) is 6.42 Å². The molecule has 0 aromatic heterocycles. The molecule has 6 heteroatoms. The van der Waals surface area contributed by atoms with E-state index in [-0.39, 0.29) is 6.10 Å². The molecule has 2 N–H and O–H groups in total. The molecular formula is C11H24O5S. The van der Waals surface area contributed by atoms with E-state index in [9.17, 15) is 8.42 Å². The van der Waals surface area contributed by atoms with E-state index >= 15 is 0 Å². The minimum atomic E-state index is -4.10. The first kappa shape index (κ1) is 16.8. The maximum absolute atomic E-state index is 10.6. The van der Waals surface area contributed by atoms with Crippen LogP contribution in [0.1, 0.15) is 46.0 Å². The van der Waals surface area contributed by atoms with Crippen LogP contribution in [-0.4, -0.2) is 42.6 Å². The molecule has 0 fully saturated rings. The Morgan fingerprint density at radius 2 is 1.88 bits per heavy atom. The van der Waals surface area contributed by atoms with Gasteiger partial charge in [-0.15, -0.1) is 0 Å². The van der Waals surface area contributed by atoms with E-state index in [2.05, 4.69) is 6.92 Å². The topological polar surface area (TPSA) is 83.8 Å². The first-order valence-corrected chi connectivity index (χ1v) is 7.71. The molecule has 0 radical (unpaired) electrons. The minimum absolute atomic E-state index is 0.106. The molecule has 0 saturated heterocycles. The molecule has 0 aliphatic rings. The van der Waals surface area contributed by atoms with Gasteiger partial charge in [-0.3, -0.25) is 4.55 Å². The molecule has 0 rings (SSSR count). The van der Waals surface area contributed by atoms with Gasteiger partial charge in [0.05, 0.1) is 18.8 Å². The molecule has 2 atom stereocenters. The van der Waals surface area contributed by atoms with Crippen LogP contribution in [-0.2, 0) is 14.9 Å². The van der Waals surface area contributed by atoms with Crippen molar-refractivity contribution in [1.29, 1.82) is 0 Å². The smallest absolute Gasteiger partial charge is 0.267 e. The fourth-order valence-electron chi connectivity index (χ4n) is 1.63. The van der Waals surface area contributed by atoms with Crippen LogP contribution in [0.2, 0.25) is 0 Å². The van der Waals surface area contributed by atoms with Gasteiger partial charge in [0.2, 0.25) is 0 Å². The van der Waals surface area contributed by atoms with Gasteiger partial charge in [0.1, 0.15) is 5.75 Å². The largest absolute Gasteiger partial charge is 0.394 e. The van der Waals surface area contributed by atoms with Crippen LogP contribution < -0.4 is 0 Å². The van der Waals surface area contributed by atoms with Crippen molar-refractivity contribution in [3.63, 3.8) is 0 Å². The zero-order valence-corrected chi connectivity index (χ0v) is 11.4. The highest BCUT2D eigenvalue weighted by atomic mass is 32.2. The average Bonchev–Trinajstić information content (AvgIpc) is 2.21. The van der Waals surface area contributed by atoms with Crippen LogP contribution in [0.4, 0.5) is 0 Å². The lowest BCUT2D eigenvalue weighted by atomic mass is 10.1. The zero-order valence-electron chi connectivity index (χ0n) is 10.6. The Bertz CT molecular complexity index is 276. The van der Waals surface area contributed by atoms with Crippen molar-refractivity contribution in [2.45, 2.75) is 58.2 Å². The van der Waals surface area contributed by atoms with Gasteiger partial charge in [-0.2, -0.15) is 8.42 Å². The molecule has 0 aromatic rings. The van der Waals surface area contributed by atoms with Crippen molar-refractivity contribution in [3.8, 4) is 0 Å². The summed E-state index contributed by atoms with van der Waals surface area (Å²) < 4.78 is 35.3. The maximum Gasteiger partial charge on any atom is 0.267 e. The number of hydrogen-bond donors (Lipinski definition) is 2. The Labute approximate surface area is 104 Å². The monoisotopic (exact) mass is 268 g/mol. The minimum Gasteiger partial charge on any atom is -0.394 e. The molecule has 2 unspecified atom stereocenters. The second-order valence-corrected chi connectivity index (χ2v) is 5.85. The van der Waals surface area contributed by atoms with Crippen molar-refractivity contribution in [2.24, 2.45) is 0 Å². The lowest BCUT2D eigenvalue weighted by Crippen LogP contribution is -2.30. The van der Waals surface area contributed by atoms with E-state index in [1.54, 1.807) is 0 Å². The van der Waals surface area contributed by atoms with Gasteiger partial charge in [0.15, 0.2) is 0 Å². The van der Waals surface area contributed by atoms with Crippen LogP contribution in [0.25, 0.3) is 0 Å². The second-order valence-electron chi connectivity index (χ2n) is 4.35. The van der Waals surface area contributed by atoms with Crippen molar-refractivity contribution in [3.05, 3.63) is 0 Å². The molecule has 0 amide bonds. The summed E-state index contributed by atoms with van der Waals surface area (Å²) in [4.78, 5) is 0. The number of aliphatic hydroxyl groups excluding tert-OH is 1. The van der Waals surface area contributed by atoms with E-state index < -0.39 is 28.6 Å². The van der Waals surface area contributed by atoms with E-state index in [0.717, 1.165) is 25.7 Å². The molecule has 104 valence electrons. The molecule has 0 aromatic carbocycles. The summed E-state index contributed by atoms with van der Waals surface area (Å²) in [5, 5.41) is 8.95. The Morgan fingerprint density at radius 1 is 1.24 bits per heavy atom. The van der Waals surface area contributed by atoms with Gasteiger partial charge in [-0.25, -0.2) is 0 Å². The van der Waals surface area contributed by atoms with Gasteiger partial charge in [-0.05, 0) is 13.3 Å². The summed E-state index contributed by atoms with van der Waals surface area (Å²) in [5.74, 6) is -0.553. The van der Waals surface area contributed by atoms with Crippen LogP contribution in [0.3, 0.4) is 0 Å². The molecule has 5 nitrogen and oxygen atoms in total. The summed E-state index contributed by atoms with van der Waals surface area (Å²) in [6, 6.07) is 0. The van der Waals surface area contributed by atoms with Gasteiger partial charge in [0.25, 0.3) is 10.1 Å². The summed E-state index contributed by atoms with van der Waals surface area (Å²) in [7, 11) is -4.10. The highest BCUT2D eigenvalue weighted by Gasteiger charge is 2.19. The third-order valence-electron chi connectivity index (χ3n) is 2.49. The van der Waals surface area contributed by atoms with Crippen molar-refractivity contribution in [1.82, 2.24) is 0 Å². The van der Waals surface area contributed by atoms with Crippen LogP contribution in [0.5, 0.6) is 0 Å². The van der Waals surface area contributed by atoms with Crippen molar-refractivity contribution >= 4 is 10.1 Å². The average molecular weight is 268 g/mol. The molecule has 0 aliphatic carbocycles. The third kappa shape index (κ3) is 10.7. The first-order chi connectivity index (χ1) is 7.89. The van der Waals surface area contributed by atoms with Crippen molar-refractivity contribution < 1.29 is 22.8 Å². The van der Waals surface area contributed by atoms with E-state index in [0.29, 0.717) is 0 Å². The summed E-state index contributed by atoms with van der Waals surface area (Å²) >= 11 is 0. The normalized spacial score (nSPS) is 15.8. The quantitative estimate of drug-likeness (QED) is 0.464. The Morgan fingerprint density at radius 3 is 2.35 bits per heavy atom. The zero-order chi connectivity index (χ0) is 13.3. The first-order valence-electron chi connectivity index (χ1n) is 6.10. The Kier molecular flexibility index (Phi) is 8.77. The van der Waals surface area contributed by atoms with Crippen LogP contribution in [0.15, 0.2) is 0 Å². The second kappa shape index (κ2) is 8.85. The van der Waals surface area contributed by atoms with Gasteiger partial charge >= 0.3 is 0 Å². The lowest BCUT2D eigenvalue weighted by Gasteiger charge is -2.19. The van der Waals surface area contributed by atoms with E-state index in [4.69, 9.17) is 14.4 Å².